The van der Waals surface area contributed by atoms with Crippen LogP contribution in [0.4, 0.5) is 0 Å². The molecular weight excluding hydrogens is 188 g/mol. The molecule has 86 valence electrons. The Morgan fingerprint density at radius 3 is 2.60 bits per heavy atom. The lowest BCUT2D eigenvalue weighted by Gasteiger charge is -2.15. The molecule has 1 heterocycles. The first-order valence-corrected chi connectivity index (χ1v) is 5.79. The summed E-state index contributed by atoms with van der Waals surface area (Å²) in [5.74, 6) is 1.06. The number of rotatable bonds is 7. The zero-order valence-electron chi connectivity index (χ0n) is 10.0. The normalized spacial score (nSPS) is 11.2. The van der Waals surface area contributed by atoms with Crippen LogP contribution >= 0.6 is 0 Å². The van der Waals surface area contributed by atoms with Gasteiger partial charge in [0.2, 0.25) is 0 Å². The van der Waals surface area contributed by atoms with Crippen LogP contribution in [0.1, 0.15) is 32.1 Å². The van der Waals surface area contributed by atoms with Crippen molar-refractivity contribution < 1.29 is 4.42 Å². The van der Waals surface area contributed by atoms with E-state index >= 15 is 0 Å². The van der Waals surface area contributed by atoms with Gasteiger partial charge in [0.15, 0.2) is 0 Å². The minimum absolute atomic E-state index is 0.901. The highest BCUT2D eigenvalue weighted by molar-refractivity contribution is 5.12. The largest absolute Gasteiger partial charge is 0.468 e. The summed E-state index contributed by atoms with van der Waals surface area (Å²) in [5.41, 5.74) is 1.24. The summed E-state index contributed by atoms with van der Waals surface area (Å²) in [4.78, 5) is 2.34. The summed E-state index contributed by atoms with van der Waals surface area (Å²) in [6, 6.07) is 2.14. The van der Waals surface area contributed by atoms with Gasteiger partial charge in [0.05, 0.1) is 12.8 Å². The van der Waals surface area contributed by atoms with Gasteiger partial charge in [-0.2, -0.15) is 0 Å². The Morgan fingerprint density at radius 1 is 1.27 bits per heavy atom. The van der Waals surface area contributed by atoms with Gasteiger partial charge in [0.25, 0.3) is 0 Å². The molecule has 0 aliphatic rings. The first-order chi connectivity index (χ1) is 7.30. The number of hydrogen-bond donors (Lipinski definition) is 1. The molecule has 15 heavy (non-hydrogen) atoms. The van der Waals surface area contributed by atoms with Crippen LogP contribution in [0, 0.1) is 0 Å². The van der Waals surface area contributed by atoms with E-state index in [0.717, 1.165) is 38.5 Å². The maximum atomic E-state index is 5.51. The van der Waals surface area contributed by atoms with Crippen molar-refractivity contribution in [3.05, 3.63) is 23.7 Å². The number of hydrogen-bond acceptors (Lipinski definition) is 3. The van der Waals surface area contributed by atoms with E-state index in [4.69, 9.17) is 4.42 Å². The molecule has 1 N–H and O–H groups in total. The summed E-state index contributed by atoms with van der Waals surface area (Å²) < 4.78 is 5.51. The second-order valence-corrected chi connectivity index (χ2v) is 3.66. The van der Waals surface area contributed by atoms with Crippen LogP contribution in [-0.4, -0.2) is 24.5 Å². The Kier molecular flexibility index (Phi) is 5.43. The third-order valence-electron chi connectivity index (χ3n) is 2.56. The fourth-order valence-corrected chi connectivity index (χ4v) is 1.54. The zero-order valence-corrected chi connectivity index (χ0v) is 10.0. The Morgan fingerprint density at radius 2 is 2.00 bits per heavy atom. The molecule has 3 heteroatoms. The maximum Gasteiger partial charge on any atom is 0.118 e. The summed E-state index contributed by atoms with van der Waals surface area (Å²) in [6.07, 6.45) is 1.85. The standard InChI is InChI=1S/C12H22N2O/c1-4-13-8-11-7-12(15-10-11)9-14(5-2)6-3/h7,10,13H,4-6,8-9H2,1-3H3. The summed E-state index contributed by atoms with van der Waals surface area (Å²) >= 11 is 0. The smallest absolute Gasteiger partial charge is 0.118 e. The fourth-order valence-electron chi connectivity index (χ4n) is 1.54. The van der Waals surface area contributed by atoms with Crippen LogP contribution in [0.25, 0.3) is 0 Å². The van der Waals surface area contributed by atoms with E-state index in [0.29, 0.717) is 0 Å². The van der Waals surface area contributed by atoms with Crippen LogP contribution in [0.15, 0.2) is 16.7 Å². The van der Waals surface area contributed by atoms with Crippen molar-refractivity contribution in [1.29, 1.82) is 0 Å². The van der Waals surface area contributed by atoms with Crippen molar-refractivity contribution in [2.24, 2.45) is 0 Å². The summed E-state index contributed by atoms with van der Waals surface area (Å²) in [7, 11) is 0. The van der Waals surface area contributed by atoms with Crippen LogP contribution in [-0.2, 0) is 13.1 Å². The van der Waals surface area contributed by atoms with Crippen molar-refractivity contribution in [2.75, 3.05) is 19.6 Å². The van der Waals surface area contributed by atoms with Gasteiger partial charge in [-0.15, -0.1) is 0 Å². The van der Waals surface area contributed by atoms with Gasteiger partial charge < -0.3 is 9.73 Å². The number of furan rings is 1. The third kappa shape index (κ3) is 4.06. The average Bonchev–Trinajstić information content (AvgIpc) is 2.70. The maximum absolute atomic E-state index is 5.51. The quantitative estimate of drug-likeness (QED) is 0.748. The number of nitrogens with one attached hydrogen (secondary N) is 1. The van der Waals surface area contributed by atoms with E-state index in [1.54, 1.807) is 0 Å². The molecule has 3 nitrogen and oxygen atoms in total. The highest BCUT2D eigenvalue weighted by Gasteiger charge is 2.05. The van der Waals surface area contributed by atoms with E-state index < -0.39 is 0 Å². The van der Waals surface area contributed by atoms with E-state index in [-0.39, 0.29) is 0 Å². The molecule has 0 amide bonds. The van der Waals surface area contributed by atoms with Gasteiger partial charge in [0.1, 0.15) is 5.76 Å². The Balaban J connectivity index is 2.44. The van der Waals surface area contributed by atoms with Gasteiger partial charge in [-0.25, -0.2) is 0 Å². The molecule has 1 aromatic heterocycles. The molecule has 0 spiro atoms. The lowest BCUT2D eigenvalue weighted by atomic mass is 10.3. The predicted molar refractivity (Wildman–Crippen MR) is 62.7 cm³/mol. The second kappa shape index (κ2) is 6.64. The molecule has 0 atom stereocenters. The highest BCUT2D eigenvalue weighted by atomic mass is 16.3. The molecule has 0 aromatic carbocycles. The van der Waals surface area contributed by atoms with Crippen molar-refractivity contribution in [3.8, 4) is 0 Å². The third-order valence-corrected chi connectivity index (χ3v) is 2.56. The molecule has 0 fully saturated rings. The Labute approximate surface area is 92.5 Å². The molecule has 0 bridgehead atoms. The van der Waals surface area contributed by atoms with Crippen molar-refractivity contribution >= 4 is 0 Å². The van der Waals surface area contributed by atoms with Crippen LogP contribution in [0.3, 0.4) is 0 Å². The minimum atomic E-state index is 0.901. The molecular formula is C12H22N2O. The Bertz CT molecular complexity index is 266. The zero-order chi connectivity index (χ0) is 11.1. The molecule has 0 unspecified atom stereocenters. The predicted octanol–water partition coefficient (Wildman–Crippen LogP) is 2.23. The Hall–Kier alpha value is -0.800. The topological polar surface area (TPSA) is 28.4 Å². The molecule has 0 radical (unpaired) electrons. The molecule has 1 aromatic rings. The molecule has 0 aliphatic heterocycles. The molecule has 1 rings (SSSR count). The molecule has 0 aliphatic carbocycles. The van der Waals surface area contributed by atoms with E-state index in [1.165, 1.54) is 5.56 Å². The van der Waals surface area contributed by atoms with Gasteiger partial charge >= 0.3 is 0 Å². The van der Waals surface area contributed by atoms with Crippen LogP contribution < -0.4 is 5.32 Å². The van der Waals surface area contributed by atoms with Gasteiger partial charge in [-0.3, -0.25) is 4.90 Å². The first kappa shape index (κ1) is 12.3. The first-order valence-electron chi connectivity index (χ1n) is 5.79. The van der Waals surface area contributed by atoms with Crippen LogP contribution in [0.2, 0.25) is 0 Å². The summed E-state index contributed by atoms with van der Waals surface area (Å²) in [5, 5.41) is 3.29. The van der Waals surface area contributed by atoms with Gasteiger partial charge in [0, 0.05) is 12.1 Å². The van der Waals surface area contributed by atoms with Crippen LogP contribution in [0.5, 0.6) is 0 Å². The SMILES string of the molecule is CCNCc1coc(CN(CC)CC)c1. The molecule has 0 saturated heterocycles. The lowest BCUT2D eigenvalue weighted by Crippen LogP contribution is -2.21. The van der Waals surface area contributed by atoms with Crippen molar-refractivity contribution in [1.82, 2.24) is 10.2 Å². The van der Waals surface area contributed by atoms with Crippen molar-refractivity contribution in [3.63, 3.8) is 0 Å². The highest BCUT2D eigenvalue weighted by Crippen LogP contribution is 2.10. The minimum Gasteiger partial charge on any atom is -0.468 e. The number of nitrogens with zero attached hydrogens (tertiary/aromatic N) is 1. The average molecular weight is 210 g/mol. The van der Waals surface area contributed by atoms with Crippen molar-refractivity contribution in [2.45, 2.75) is 33.9 Å². The summed E-state index contributed by atoms with van der Waals surface area (Å²) in [6.45, 7) is 11.4. The fraction of sp³-hybridized carbons (Fsp3) is 0.667. The lowest BCUT2D eigenvalue weighted by molar-refractivity contribution is 0.269. The van der Waals surface area contributed by atoms with E-state index in [2.05, 4.69) is 37.1 Å². The van der Waals surface area contributed by atoms with Gasteiger partial charge in [-0.05, 0) is 25.7 Å². The monoisotopic (exact) mass is 210 g/mol. The van der Waals surface area contributed by atoms with E-state index in [1.807, 2.05) is 6.26 Å². The molecule has 0 saturated carbocycles. The van der Waals surface area contributed by atoms with Gasteiger partial charge in [-0.1, -0.05) is 20.8 Å². The second-order valence-electron chi connectivity index (χ2n) is 3.66. The van der Waals surface area contributed by atoms with E-state index in [9.17, 15) is 0 Å².